The molecule has 106 valence electrons. The Morgan fingerprint density at radius 3 is 2.45 bits per heavy atom. The largest absolute Gasteiger partial charge is 0.323 e. The van der Waals surface area contributed by atoms with Gasteiger partial charge in [0.2, 0.25) is 17.7 Å². The molecule has 2 rings (SSSR count). The number of rotatable bonds is 3. The molecule has 0 radical (unpaired) electrons. The van der Waals surface area contributed by atoms with Crippen LogP contribution >= 0.6 is 11.8 Å². The highest BCUT2D eigenvalue weighted by molar-refractivity contribution is 8.00. The average molecular weight is 300 g/mol. The first-order valence-corrected chi connectivity index (χ1v) is 6.62. The first-order chi connectivity index (χ1) is 9.45. The van der Waals surface area contributed by atoms with Gasteiger partial charge >= 0.3 is 0 Å². The molecule has 0 unspecified atom stereocenters. The summed E-state index contributed by atoms with van der Waals surface area (Å²) in [6.45, 7) is -0.355. The Balaban J connectivity index is 1.93. The van der Waals surface area contributed by atoms with Crippen molar-refractivity contribution in [1.29, 1.82) is 0 Å². The maximum Gasteiger partial charge on any atom is 0.246 e. The van der Waals surface area contributed by atoms with Crippen molar-refractivity contribution < 1.29 is 23.2 Å². The normalized spacial score (nSPS) is 15.2. The molecule has 5 nitrogen and oxygen atoms in total. The van der Waals surface area contributed by atoms with Crippen LogP contribution in [0.5, 0.6) is 0 Å². The Labute approximate surface area is 117 Å². The highest BCUT2D eigenvalue weighted by atomic mass is 32.2. The fourth-order valence-electron chi connectivity index (χ4n) is 1.62. The molecule has 1 aliphatic heterocycles. The van der Waals surface area contributed by atoms with Crippen molar-refractivity contribution in [2.75, 3.05) is 18.8 Å². The van der Waals surface area contributed by atoms with Crippen LogP contribution < -0.4 is 5.32 Å². The molecule has 1 saturated heterocycles. The van der Waals surface area contributed by atoms with E-state index in [1.807, 2.05) is 0 Å². The summed E-state index contributed by atoms with van der Waals surface area (Å²) in [6, 6.07) is 3.31. The molecule has 0 bridgehead atoms. The van der Waals surface area contributed by atoms with Gasteiger partial charge in [-0.05, 0) is 18.2 Å². The number of hydrogen-bond donors (Lipinski definition) is 1. The molecule has 0 saturated carbocycles. The zero-order chi connectivity index (χ0) is 14.7. The summed E-state index contributed by atoms with van der Waals surface area (Å²) < 4.78 is 25.7. The van der Waals surface area contributed by atoms with Gasteiger partial charge in [0.15, 0.2) is 11.6 Å². The molecule has 8 heteroatoms. The fraction of sp³-hybridized carbons (Fsp3) is 0.250. The SMILES string of the molecule is O=C1CN(C(=O)CSc2ccc(F)c(F)c2)CC(=O)N1. The Morgan fingerprint density at radius 1 is 1.20 bits per heavy atom. The van der Waals surface area contributed by atoms with Crippen LogP contribution in [0.25, 0.3) is 0 Å². The molecule has 1 aliphatic rings. The van der Waals surface area contributed by atoms with E-state index in [0.717, 1.165) is 28.8 Å². The van der Waals surface area contributed by atoms with Gasteiger partial charge in [-0.1, -0.05) is 0 Å². The Kier molecular flexibility index (Phi) is 4.33. The summed E-state index contributed by atoms with van der Waals surface area (Å²) in [7, 11) is 0. The van der Waals surface area contributed by atoms with Crippen molar-refractivity contribution in [3.8, 4) is 0 Å². The topological polar surface area (TPSA) is 66.5 Å². The van der Waals surface area contributed by atoms with E-state index in [4.69, 9.17) is 0 Å². The molecule has 0 aliphatic carbocycles. The summed E-state index contributed by atoms with van der Waals surface area (Å²) in [4.78, 5) is 35.6. The summed E-state index contributed by atoms with van der Waals surface area (Å²) in [5.41, 5.74) is 0. The third-order valence-electron chi connectivity index (χ3n) is 2.55. The number of nitrogens with zero attached hydrogens (tertiary/aromatic N) is 1. The summed E-state index contributed by atoms with van der Waals surface area (Å²) >= 11 is 1.01. The van der Waals surface area contributed by atoms with Crippen LogP contribution in [0.3, 0.4) is 0 Å². The first kappa shape index (κ1) is 14.4. The van der Waals surface area contributed by atoms with Crippen LogP contribution in [0, 0.1) is 11.6 Å². The third kappa shape index (κ3) is 3.53. The number of thioether (sulfide) groups is 1. The second kappa shape index (κ2) is 6.00. The van der Waals surface area contributed by atoms with Crippen LogP contribution in [-0.4, -0.2) is 41.5 Å². The lowest BCUT2D eigenvalue weighted by atomic mass is 10.3. The van der Waals surface area contributed by atoms with Gasteiger partial charge in [-0.3, -0.25) is 19.7 Å². The van der Waals surface area contributed by atoms with Gasteiger partial charge in [0.05, 0.1) is 5.75 Å². The van der Waals surface area contributed by atoms with E-state index in [1.54, 1.807) is 0 Å². The van der Waals surface area contributed by atoms with Crippen molar-refractivity contribution in [2.45, 2.75) is 4.90 Å². The molecule has 20 heavy (non-hydrogen) atoms. The van der Waals surface area contributed by atoms with E-state index in [0.29, 0.717) is 4.90 Å². The lowest BCUT2D eigenvalue weighted by Gasteiger charge is -2.25. The molecule has 1 aromatic rings. The van der Waals surface area contributed by atoms with Crippen molar-refractivity contribution in [3.05, 3.63) is 29.8 Å². The number of carbonyl (C=O) groups excluding carboxylic acids is 3. The molecular formula is C12H10F2N2O3S. The third-order valence-corrected chi connectivity index (χ3v) is 3.53. The van der Waals surface area contributed by atoms with Crippen LogP contribution in [-0.2, 0) is 14.4 Å². The fourth-order valence-corrected chi connectivity index (χ4v) is 2.44. The molecule has 3 amide bonds. The minimum Gasteiger partial charge on any atom is -0.323 e. The van der Waals surface area contributed by atoms with E-state index in [9.17, 15) is 23.2 Å². The minimum absolute atomic E-state index is 0.0639. The number of piperazine rings is 1. The minimum atomic E-state index is -0.991. The van der Waals surface area contributed by atoms with Gasteiger partial charge in [0.25, 0.3) is 0 Å². The number of carbonyl (C=O) groups is 3. The van der Waals surface area contributed by atoms with Gasteiger partial charge in [-0.2, -0.15) is 0 Å². The Morgan fingerprint density at radius 2 is 1.85 bits per heavy atom. The first-order valence-electron chi connectivity index (χ1n) is 5.64. The van der Waals surface area contributed by atoms with Crippen LogP contribution in [0.2, 0.25) is 0 Å². The number of nitrogens with one attached hydrogen (secondary N) is 1. The number of hydrogen-bond acceptors (Lipinski definition) is 4. The molecule has 1 fully saturated rings. The summed E-state index contributed by atoms with van der Waals surface area (Å²) in [5, 5.41) is 2.08. The second-order valence-corrected chi connectivity index (χ2v) is 5.13. The van der Waals surface area contributed by atoms with Crippen molar-refractivity contribution >= 4 is 29.5 Å². The molecule has 1 heterocycles. The predicted molar refractivity (Wildman–Crippen MR) is 66.8 cm³/mol. The number of benzene rings is 1. The lowest BCUT2D eigenvalue weighted by Crippen LogP contribution is -2.53. The van der Waals surface area contributed by atoms with E-state index in [2.05, 4.69) is 5.32 Å². The van der Waals surface area contributed by atoms with Gasteiger partial charge in [0.1, 0.15) is 13.1 Å². The molecule has 1 aromatic carbocycles. The highest BCUT2D eigenvalue weighted by Gasteiger charge is 2.26. The quantitative estimate of drug-likeness (QED) is 0.654. The van der Waals surface area contributed by atoms with Crippen molar-refractivity contribution in [3.63, 3.8) is 0 Å². The van der Waals surface area contributed by atoms with E-state index in [-0.39, 0.29) is 18.8 Å². The van der Waals surface area contributed by atoms with Gasteiger partial charge < -0.3 is 4.90 Å². The zero-order valence-corrected chi connectivity index (χ0v) is 11.0. The average Bonchev–Trinajstić information content (AvgIpc) is 2.38. The van der Waals surface area contributed by atoms with E-state index in [1.165, 1.54) is 6.07 Å². The number of halogens is 2. The Hall–Kier alpha value is -1.96. The number of imide groups is 1. The summed E-state index contributed by atoms with van der Waals surface area (Å²) in [6.07, 6.45) is 0. The maximum absolute atomic E-state index is 13.0. The van der Waals surface area contributed by atoms with Crippen LogP contribution in [0.1, 0.15) is 0 Å². The second-order valence-electron chi connectivity index (χ2n) is 4.09. The monoisotopic (exact) mass is 300 g/mol. The van der Waals surface area contributed by atoms with E-state index >= 15 is 0 Å². The standard InChI is InChI=1S/C12H10F2N2O3S/c13-8-2-1-7(3-9(8)14)20-6-12(19)16-4-10(17)15-11(18)5-16/h1-3H,4-6H2,(H,15,17,18). The van der Waals surface area contributed by atoms with Crippen LogP contribution in [0.4, 0.5) is 8.78 Å². The van der Waals surface area contributed by atoms with Crippen LogP contribution in [0.15, 0.2) is 23.1 Å². The van der Waals surface area contributed by atoms with Crippen molar-refractivity contribution in [2.24, 2.45) is 0 Å². The van der Waals surface area contributed by atoms with Gasteiger partial charge in [-0.25, -0.2) is 8.78 Å². The van der Waals surface area contributed by atoms with E-state index < -0.39 is 29.4 Å². The van der Waals surface area contributed by atoms with Gasteiger partial charge in [0, 0.05) is 4.90 Å². The van der Waals surface area contributed by atoms with Gasteiger partial charge in [-0.15, -0.1) is 11.8 Å². The maximum atomic E-state index is 13.0. The predicted octanol–water partition coefficient (Wildman–Crippen LogP) is 0.542. The highest BCUT2D eigenvalue weighted by Crippen LogP contribution is 2.20. The Bertz CT molecular complexity index is 564. The molecular weight excluding hydrogens is 290 g/mol. The molecule has 0 aromatic heterocycles. The zero-order valence-electron chi connectivity index (χ0n) is 10.2. The lowest BCUT2D eigenvalue weighted by molar-refractivity contribution is -0.144. The summed E-state index contributed by atoms with van der Waals surface area (Å²) in [5.74, 6) is -3.50. The number of amides is 3. The molecule has 0 atom stereocenters. The molecule has 1 N–H and O–H groups in total. The smallest absolute Gasteiger partial charge is 0.246 e. The van der Waals surface area contributed by atoms with Crippen molar-refractivity contribution in [1.82, 2.24) is 10.2 Å². The molecule has 0 spiro atoms.